The Hall–Kier alpha value is -2.94. The smallest absolute Gasteiger partial charge is 0.258 e. The number of aliphatic hydroxyl groups is 1. The number of halogens is 2. The van der Waals surface area contributed by atoms with Crippen LogP contribution in [0.5, 0.6) is 0 Å². The lowest BCUT2D eigenvalue weighted by atomic mass is 9.95. The molecule has 0 aliphatic heterocycles. The number of nitrogens with zero attached hydrogens (tertiary/aromatic N) is 1. The number of hydrogen-bond acceptors (Lipinski definition) is 3. The number of aryl methyl sites for hydroxylation is 1. The zero-order valence-corrected chi connectivity index (χ0v) is 19.1. The zero-order valence-electron chi connectivity index (χ0n) is 18.4. The van der Waals surface area contributed by atoms with Crippen LogP contribution < -0.4 is 5.56 Å². The van der Waals surface area contributed by atoms with Crippen LogP contribution in [0.1, 0.15) is 32.0 Å². The van der Waals surface area contributed by atoms with Gasteiger partial charge in [-0.2, -0.15) is 0 Å². The van der Waals surface area contributed by atoms with Crippen LogP contribution in [0.15, 0.2) is 41.2 Å². The first kappa shape index (κ1) is 26.1. The second-order valence-electron chi connectivity index (χ2n) is 7.91. The third kappa shape index (κ3) is 6.78. The SMILES string of the molecule is C#C.CC(C)(C)O.Cc1ccc2c(-c3ccc(Cl)c(F)c3)c(CC=O)n(C)c(=O)c2c1. The molecule has 3 rings (SSSR count). The minimum absolute atomic E-state index is 0.0284. The molecule has 0 unspecified atom stereocenters. The topological polar surface area (TPSA) is 59.3 Å². The van der Waals surface area contributed by atoms with Crippen molar-refractivity contribution < 1.29 is 14.3 Å². The van der Waals surface area contributed by atoms with Crippen LogP contribution in [0, 0.1) is 25.6 Å². The third-order valence-electron chi connectivity index (χ3n) is 4.16. The first-order valence-electron chi connectivity index (χ1n) is 9.51. The fraction of sp³-hybridized carbons (Fsp3) is 0.280. The predicted octanol–water partition coefficient (Wildman–Crippen LogP) is 5.07. The lowest BCUT2D eigenvalue weighted by Crippen LogP contribution is -2.22. The summed E-state index contributed by atoms with van der Waals surface area (Å²) in [6, 6.07) is 10.0. The fourth-order valence-electron chi connectivity index (χ4n) is 2.97. The lowest BCUT2D eigenvalue weighted by molar-refractivity contribution is -0.107. The van der Waals surface area contributed by atoms with Crippen LogP contribution in [-0.2, 0) is 18.3 Å². The van der Waals surface area contributed by atoms with E-state index in [1.54, 1.807) is 40.0 Å². The maximum absolute atomic E-state index is 14.0. The van der Waals surface area contributed by atoms with Crippen molar-refractivity contribution in [1.29, 1.82) is 0 Å². The molecule has 0 amide bonds. The first-order valence-corrected chi connectivity index (χ1v) is 9.88. The van der Waals surface area contributed by atoms with E-state index in [1.807, 2.05) is 19.1 Å². The average Bonchev–Trinajstić information content (AvgIpc) is 2.69. The summed E-state index contributed by atoms with van der Waals surface area (Å²) in [6.07, 6.45) is 8.81. The van der Waals surface area contributed by atoms with Crippen LogP contribution >= 0.6 is 11.6 Å². The van der Waals surface area contributed by atoms with Crippen LogP contribution in [-0.4, -0.2) is 21.6 Å². The summed E-state index contributed by atoms with van der Waals surface area (Å²) in [4.78, 5) is 23.8. The highest BCUT2D eigenvalue weighted by Crippen LogP contribution is 2.32. The summed E-state index contributed by atoms with van der Waals surface area (Å²) in [5.41, 5.74) is 2.08. The summed E-state index contributed by atoms with van der Waals surface area (Å²) < 4.78 is 15.4. The van der Waals surface area contributed by atoms with Gasteiger partial charge in [0.05, 0.1) is 10.6 Å². The molecule has 0 atom stereocenters. The average molecular weight is 444 g/mol. The maximum Gasteiger partial charge on any atom is 0.258 e. The van der Waals surface area contributed by atoms with Gasteiger partial charge in [0.15, 0.2) is 0 Å². The molecular formula is C25H27ClFNO3. The first-order chi connectivity index (χ1) is 14.4. The number of pyridine rings is 1. The minimum Gasteiger partial charge on any atom is -0.391 e. The number of aldehydes is 1. The summed E-state index contributed by atoms with van der Waals surface area (Å²) in [5.74, 6) is -0.541. The molecule has 0 spiro atoms. The van der Waals surface area contributed by atoms with Gasteiger partial charge in [0.25, 0.3) is 5.56 Å². The van der Waals surface area contributed by atoms with E-state index in [9.17, 15) is 14.0 Å². The Balaban J connectivity index is 0.000000605. The molecule has 3 aromatic rings. The highest BCUT2D eigenvalue weighted by Gasteiger charge is 2.17. The van der Waals surface area contributed by atoms with E-state index in [-0.39, 0.29) is 17.0 Å². The van der Waals surface area contributed by atoms with Crippen molar-refractivity contribution in [2.45, 2.75) is 39.7 Å². The van der Waals surface area contributed by atoms with Crippen molar-refractivity contribution in [3.05, 3.63) is 68.8 Å². The summed E-state index contributed by atoms with van der Waals surface area (Å²) in [7, 11) is 1.62. The van der Waals surface area contributed by atoms with Gasteiger partial charge in [-0.15, -0.1) is 12.8 Å². The van der Waals surface area contributed by atoms with Crippen molar-refractivity contribution in [1.82, 2.24) is 4.57 Å². The van der Waals surface area contributed by atoms with E-state index in [1.165, 1.54) is 16.7 Å². The normalized spacial score (nSPS) is 10.5. The van der Waals surface area contributed by atoms with Crippen molar-refractivity contribution in [3.63, 3.8) is 0 Å². The van der Waals surface area contributed by atoms with E-state index in [4.69, 9.17) is 16.7 Å². The second kappa shape index (κ2) is 10.9. The Morgan fingerprint density at radius 3 is 2.23 bits per heavy atom. The predicted molar refractivity (Wildman–Crippen MR) is 126 cm³/mol. The van der Waals surface area contributed by atoms with E-state index in [0.29, 0.717) is 27.6 Å². The Kier molecular flexibility index (Phi) is 9.18. The number of benzene rings is 2. The molecule has 1 N–H and O–H groups in total. The number of fused-ring (bicyclic) bond motifs is 1. The standard InChI is InChI=1S/C19H15ClFNO2.C4H10O.C2H2/c1-11-3-5-13-14(9-11)19(24)22(2)17(7-8-23)18(13)12-4-6-15(20)16(21)10-12;1-4(2,3)5;1-2/h3-6,8-10H,7H2,1-2H3;5H,1-3H3;1-2H. The molecule has 164 valence electrons. The number of hydrogen-bond donors (Lipinski definition) is 1. The van der Waals surface area contributed by atoms with E-state index in [2.05, 4.69) is 12.8 Å². The largest absolute Gasteiger partial charge is 0.391 e. The minimum atomic E-state index is -0.541. The van der Waals surface area contributed by atoms with Gasteiger partial charge in [0, 0.05) is 30.1 Å². The van der Waals surface area contributed by atoms with Crippen molar-refractivity contribution in [2.75, 3.05) is 0 Å². The zero-order chi connectivity index (χ0) is 23.9. The van der Waals surface area contributed by atoms with Gasteiger partial charge in [-0.1, -0.05) is 35.4 Å². The van der Waals surface area contributed by atoms with Crippen LogP contribution in [0.2, 0.25) is 5.02 Å². The number of carbonyl (C=O) groups is 1. The Labute approximate surface area is 187 Å². The second-order valence-corrected chi connectivity index (χ2v) is 8.31. The van der Waals surface area contributed by atoms with Crippen LogP contribution in [0.25, 0.3) is 21.9 Å². The van der Waals surface area contributed by atoms with Crippen molar-refractivity contribution >= 4 is 28.7 Å². The highest BCUT2D eigenvalue weighted by atomic mass is 35.5. The molecule has 1 aromatic heterocycles. The number of rotatable bonds is 3. The number of terminal acetylenes is 1. The van der Waals surface area contributed by atoms with E-state index < -0.39 is 11.4 Å². The Morgan fingerprint density at radius 1 is 1.13 bits per heavy atom. The number of aromatic nitrogens is 1. The molecular weight excluding hydrogens is 417 g/mol. The Morgan fingerprint density at radius 2 is 1.71 bits per heavy atom. The van der Waals surface area contributed by atoms with Gasteiger partial charge in [0.1, 0.15) is 12.1 Å². The van der Waals surface area contributed by atoms with Crippen molar-refractivity contribution in [3.8, 4) is 24.0 Å². The quantitative estimate of drug-likeness (QED) is 0.454. The molecule has 6 heteroatoms. The molecule has 0 bridgehead atoms. The summed E-state index contributed by atoms with van der Waals surface area (Å²) in [6.45, 7) is 7.13. The van der Waals surface area contributed by atoms with Gasteiger partial charge in [0.2, 0.25) is 0 Å². The van der Waals surface area contributed by atoms with Gasteiger partial charge in [-0.05, 0) is 56.8 Å². The van der Waals surface area contributed by atoms with Gasteiger partial charge < -0.3 is 14.5 Å². The molecule has 1 heterocycles. The monoisotopic (exact) mass is 443 g/mol. The van der Waals surface area contributed by atoms with Gasteiger partial charge in [-0.25, -0.2) is 4.39 Å². The molecule has 0 fully saturated rings. The summed E-state index contributed by atoms with van der Waals surface area (Å²) >= 11 is 5.78. The lowest BCUT2D eigenvalue weighted by Gasteiger charge is -2.17. The van der Waals surface area contributed by atoms with Gasteiger partial charge in [-0.3, -0.25) is 4.79 Å². The molecule has 31 heavy (non-hydrogen) atoms. The maximum atomic E-state index is 14.0. The van der Waals surface area contributed by atoms with E-state index >= 15 is 0 Å². The molecule has 0 saturated heterocycles. The fourth-order valence-corrected chi connectivity index (χ4v) is 3.09. The van der Waals surface area contributed by atoms with Crippen LogP contribution in [0.3, 0.4) is 0 Å². The molecule has 0 aliphatic rings. The molecule has 0 aliphatic carbocycles. The van der Waals surface area contributed by atoms with E-state index in [0.717, 1.165) is 11.8 Å². The molecule has 4 nitrogen and oxygen atoms in total. The molecule has 0 radical (unpaired) electrons. The molecule has 0 saturated carbocycles. The molecule has 2 aromatic carbocycles. The third-order valence-corrected chi connectivity index (χ3v) is 4.46. The van der Waals surface area contributed by atoms with Crippen molar-refractivity contribution in [2.24, 2.45) is 7.05 Å². The Bertz CT molecular complexity index is 1150. The van der Waals surface area contributed by atoms with Crippen LogP contribution in [0.4, 0.5) is 4.39 Å². The highest BCUT2D eigenvalue weighted by molar-refractivity contribution is 6.30. The number of carbonyl (C=O) groups excluding carboxylic acids is 1. The summed E-state index contributed by atoms with van der Waals surface area (Å²) in [5, 5.41) is 9.79. The van der Waals surface area contributed by atoms with Gasteiger partial charge >= 0.3 is 0 Å².